The Bertz CT molecular complexity index is 927. The predicted octanol–water partition coefficient (Wildman–Crippen LogP) is 4.07. The molecule has 1 N–H and O–H groups in total. The van der Waals surface area contributed by atoms with Crippen LogP contribution in [0.5, 0.6) is 5.75 Å². The summed E-state index contributed by atoms with van der Waals surface area (Å²) in [5.41, 5.74) is 2.90. The highest BCUT2D eigenvalue weighted by atomic mass is 16.5. The lowest BCUT2D eigenvalue weighted by Gasteiger charge is -2.18. The Morgan fingerprint density at radius 3 is 2.46 bits per heavy atom. The van der Waals surface area contributed by atoms with Crippen molar-refractivity contribution < 1.29 is 9.53 Å². The van der Waals surface area contributed by atoms with Gasteiger partial charge >= 0.3 is 0 Å². The second-order valence-electron chi connectivity index (χ2n) is 6.45. The number of hydrogen-bond donors (Lipinski definition) is 1. The van der Waals surface area contributed by atoms with Crippen molar-refractivity contribution in [2.24, 2.45) is 0 Å². The number of benzene rings is 2. The zero-order chi connectivity index (χ0) is 19.9. The molecule has 1 aromatic heterocycles. The van der Waals surface area contributed by atoms with Crippen LogP contribution in [-0.4, -0.2) is 29.5 Å². The molecule has 0 atom stereocenters. The van der Waals surface area contributed by atoms with E-state index in [0.29, 0.717) is 30.5 Å². The molecule has 0 aliphatic rings. The van der Waals surface area contributed by atoms with Crippen molar-refractivity contribution in [1.29, 1.82) is 0 Å². The third kappa shape index (κ3) is 5.07. The van der Waals surface area contributed by atoms with Gasteiger partial charge in [0.2, 0.25) is 5.95 Å². The van der Waals surface area contributed by atoms with Crippen molar-refractivity contribution in [3.05, 3.63) is 77.6 Å². The number of anilines is 2. The molecular weight excluding hydrogens is 352 g/mol. The maximum atomic E-state index is 12.7. The van der Waals surface area contributed by atoms with Crippen molar-refractivity contribution >= 4 is 17.5 Å². The number of ether oxygens (including phenoxy) is 1. The second kappa shape index (κ2) is 8.99. The lowest BCUT2D eigenvalue weighted by atomic mass is 10.2. The molecule has 28 heavy (non-hydrogen) atoms. The topological polar surface area (TPSA) is 67.3 Å². The molecule has 0 aliphatic carbocycles. The van der Waals surface area contributed by atoms with Crippen LogP contribution in [0, 0.1) is 6.92 Å². The molecule has 1 heterocycles. The van der Waals surface area contributed by atoms with Crippen molar-refractivity contribution in [1.82, 2.24) is 9.97 Å². The minimum absolute atomic E-state index is 0.274. The average molecular weight is 376 g/mol. The molecule has 0 unspecified atom stereocenters. The van der Waals surface area contributed by atoms with Gasteiger partial charge in [0.25, 0.3) is 5.91 Å². The fourth-order valence-corrected chi connectivity index (χ4v) is 2.76. The molecule has 0 saturated carbocycles. The van der Waals surface area contributed by atoms with Crippen molar-refractivity contribution in [3.63, 3.8) is 0 Å². The molecule has 2 aromatic carbocycles. The number of nitrogens with zero attached hydrogens (tertiary/aromatic N) is 3. The molecule has 0 radical (unpaired) electrons. The first-order chi connectivity index (χ1) is 13.5. The Labute approximate surface area is 165 Å². The molecular formula is C22H24N4O2. The average Bonchev–Trinajstić information content (AvgIpc) is 2.70. The zero-order valence-corrected chi connectivity index (χ0v) is 16.3. The summed E-state index contributed by atoms with van der Waals surface area (Å²) in [6.45, 7) is 5.05. The quantitative estimate of drug-likeness (QED) is 0.673. The highest BCUT2D eigenvalue weighted by molar-refractivity contribution is 6.03. The van der Waals surface area contributed by atoms with Crippen molar-refractivity contribution in [3.8, 4) is 5.75 Å². The molecule has 0 spiro atoms. The molecule has 6 heteroatoms. The summed E-state index contributed by atoms with van der Waals surface area (Å²) in [4.78, 5) is 23.5. The molecule has 3 rings (SSSR count). The number of carbonyl (C=O) groups is 1. The van der Waals surface area contributed by atoms with Crippen LogP contribution >= 0.6 is 0 Å². The maximum absolute atomic E-state index is 12.7. The van der Waals surface area contributed by atoms with E-state index in [1.165, 1.54) is 0 Å². The van der Waals surface area contributed by atoms with Crippen LogP contribution in [0.1, 0.15) is 28.7 Å². The first-order valence-electron chi connectivity index (χ1n) is 9.20. The van der Waals surface area contributed by atoms with Crippen LogP contribution < -0.4 is 15.0 Å². The molecule has 0 bridgehead atoms. The van der Waals surface area contributed by atoms with Gasteiger partial charge in [0.1, 0.15) is 11.4 Å². The van der Waals surface area contributed by atoms with E-state index in [1.807, 2.05) is 68.3 Å². The molecule has 6 nitrogen and oxygen atoms in total. The largest absolute Gasteiger partial charge is 0.494 e. The van der Waals surface area contributed by atoms with Crippen LogP contribution in [0.2, 0.25) is 0 Å². The first-order valence-corrected chi connectivity index (χ1v) is 9.20. The van der Waals surface area contributed by atoms with E-state index in [2.05, 4.69) is 15.3 Å². The summed E-state index contributed by atoms with van der Waals surface area (Å²) in [6.07, 6.45) is 0. The normalized spacial score (nSPS) is 10.4. The smallest absolute Gasteiger partial charge is 0.274 e. The van der Waals surface area contributed by atoms with Crippen LogP contribution in [0.3, 0.4) is 0 Å². The first kappa shape index (κ1) is 19.4. The molecule has 3 aromatic rings. The number of amides is 1. The molecule has 0 saturated heterocycles. The Balaban J connectivity index is 1.73. The minimum Gasteiger partial charge on any atom is -0.494 e. The number of nitrogens with one attached hydrogen (secondary N) is 1. The fourth-order valence-electron chi connectivity index (χ4n) is 2.76. The van der Waals surface area contributed by atoms with Gasteiger partial charge in [-0.15, -0.1) is 0 Å². The molecule has 144 valence electrons. The summed E-state index contributed by atoms with van der Waals surface area (Å²) in [7, 11) is 1.91. The summed E-state index contributed by atoms with van der Waals surface area (Å²) < 4.78 is 5.42. The summed E-state index contributed by atoms with van der Waals surface area (Å²) >= 11 is 0. The van der Waals surface area contributed by atoms with Gasteiger partial charge in [-0.05, 0) is 49.7 Å². The van der Waals surface area contributed by atoms with Gasteiger partial charge in [0.05, 0.1) is 6.61 Å². The lowest BCUT2D eigenvalue weighted by molar-refractivity contribution is 0.102. The van der Waals surface area contributed by atoms with Gasteiger partial charge in [-0.3, -0.25) is 4.79 Å². The molecule has 0 aliphatic heterocycles. The van der Waals surface area contributed by atoms with Gasteiger partial charge in [0.15, 0.2) is 0 Å². The third-order valence-electron chi connectivity index (χ3n) is 4.10. The van der Waals surface area contributed by atoms with E-state index in [-0.39, 0.29) is 5.91 Å². The number of carbonyl (C=O) groups excluding carboxylic acids is 1. The van der Waals surface area contributed by atoms with Crippen LogP contribution in [-0.2, 0) is 6.54 Å². The highest BCUT2D eigenvalue weighted by Gasteiger charge is 2.14. The summed E-state index contributed by atoms with van der Waals surface area (Å²) in [5, 5.41) is 2.87. The number of hydrogen-bond acceptors (Lipinski definition) is 5. The van der Waals surface area contributed by atoms with E-state index in [4.69, 9.17) is 4.74 Å². The number of aryl methyl sites for hydroxylation is 1. The van der Waals surface area contributed by atoms with E-state index in [9.17, 15) is 4.79 Å². The Morgan fingerprint density at radius 1 is 1.07 bits per heavy atom. The third-order valence-corrected chi connectivity index (χ3v) is 4.10. The number of aromatic nitrogens is 2. The highest BCUT2D eigenvalue weighted by Crippen LogP contribution is 2.17. The van der Waals surface area contributed by atoms with E-state index in [1.54, 1.807) is 18.2 Å². The van der Waals surface area contributed by atoms with Crippen molar-refractivity contribution in [2.45, 2.75) is 20.4 Å². The van der Waals surface area contributed by atoms with Crippen LogP contribution in [0.25, 0.3) is 0 Å². The maximum Gasteiger partial charge on any atom is 0.274 e. The SMILES string of the molecule is CCOc1ccc(NC(=O)c2cc(C)nc(N(C)Cc3ccccc3)n2)cc1. The van der Waals surface area contributed by atoms with Crippen molar-refractivity contribution in [2.75, 3.05) is 23.9 Å². The minimum atomic E-state index is -0.274. The van der Waals surface area contributed by atoms with E-state index >= 15 is 0 Å². The van der Waals surface area contributed by atoms with E-state index in [0.717, 1.165) is 17.0 Å². The summed E-state index contributed by atoms with van der Waals surface area (Å²) in [6, 6.07) is 19.0. The monoisotopic (exact) mass is 376 g/mol. The van der Waals surface area contributed by atoms with Gasteiger partial charge in [-0.25, -0.2) is 9.97 Å². The van der Waals surface area contributed by atoms with Gasteiger partial charge in [-0.1, -0.05) is 30.3 Å². The fraction of sp³-hybridized carbons (Fsp3) is 0.227. The Hall–Kier alpha value is -3.41. The van der Waals surface area contributed by atoms with Crippen LogP contribution in [0.15, 0.2) is 60.7 Å². The van der Waals surface area contributed by atoms with Gasteiger partial charge in [0, 0.05) is 25.0 Å². The molecule has 1 amide bonds. The lowest BCUT2D eigenvalue weighted by Crippen LogP contribution is -2.22. The summed E-state index contributed by atoms with van der Waals surface area (Å²) in [5.74, 6) is 1.01. The molecule has 0 fully saturated rings. The Morgan fingerprint density at radius 2 is 1.79 bits per heavy atom. The second-order valence-corrected chi connectivity index (χ2v) is 6.45. The van der Waals surface area contributed by atoms with Gasteiger partial charge in [-0.2, -0.15) is 0 Å². The van der Waals surface area contributed by atoms with E-state index < -0.39 is 0 Å². The Kier molecular flexibility index (Phi) is 6.22. The predicted molar refractivity (Wildman–Crippen MR) is 111 cm³/mol. The number of rotatable bonds is 7. The van der Waals surface area contributed by atoms with Gasteiger partial charge < -0.3 is 15.0 Å². The standard InChI is InChI=1S/C22H24N4O2/c1-4-28-19-12-10-18(11-13-19)24-21(27)20-14-16(2)23-22(25-20)26(3)15-17-8-6-5-7-9-17/h5-14H,4,15H2,1-3H3,(H,24,27). The zero-order valence-electron chi connectivity index (χ0n) is 16.3. The van der Waals surface area contributed by atoms with Crippen LogP contribution in [0.4, 0.5) is 11.6 Å².